The van der Waals surface area contributed by atoms with E-state index < -0.39 is 0 Å². The first-order chi connectivity index (χ1) is 15.0. The molecule has 1 amide bonds. The standard InChI is InChI=1S/C22H25N7O2/c1-2-9-26-18-13-28-21(17-4-3-10-25-12-17)29(22(18)31)14-19(30)27-11-15-5-7-16(8-6-15)20(23)24/h3-8,10,12-13,26H,2,9,11,14H2,1H3,(H3,23,24)(H,27,30). The minimum absolute atomic E-state index is 0.0121. The van der Waals surface area contributed by atoms with Crippen molar-refractivity contribution in [1.82, 2.24) is 19.9 Å². The fourth-order valence-electron chi connectivity index (χ4n) is 2.95. The summed E-state index contributed by atoms with van der Waals surface area (Å²) in [7, 11) is 0. The Morgan fingerprint density at radius 2 is 1.97 bits per heavy atom. The first-order valence-corrected chi connectivity index (χ1v) is 9.93. The third-order valence-electron chi connectivity index (χ3n) is 4.59. The van der Waals surface area contributed by atoms with Gasteiger partial charge >= 0.3 is 0 Å². The van der Waals surface area contributed by atoms with E-state index in [1.807, 2.05) is 6.92 Å². The summed E-state index contributed by atoms with van der Waals surface area (Å²) >= 11 is 0. The predicted octanol–water partition coefficient (Wildman–Crippen LogP) is 1.73. The molecule has 0 aliphatic heterocycles. The van der Waals surface area contributed by atoms with Gasteiger partial charge in [0.1, 0.15) is 23.9 Å². The fourth-order valence-corrected chi connectivity index (χ4v) is 2.95. The lowest BCUT2D eigenvalue weighted by atomic mass is 10.1. The van der Waals surface area contributed by atoms with Gasteiger partial charge in [-0.2, -0.15) is 0 Å². The second kappa shape index (κ2) is 10.1. The molecule has 0 unspecified atom stereocenters. The summed E-state index contributed by atoms with van der Waals surface area (Å²) in [6, 6.07) is 10.6. The average Bonchev–Trinajstić information content (AvgIpc) is 2.79. The number of aromatic nitrogens is 3. The normalized spacial score (nSPS) is 10.5. The molecule has 9 nitrogen and oxygen atoms in total. The van der Waals surface area contributed by atoms with Gasteiger partial charge in [0.15, 0.2) is 0 Å². The predicted molar refractivity (Wildman–Crippen MR) is 120 cm³/mol. The van der Waals surface area contributed by atoms with E-state index in [1.54, 1.807) is 48.8 Å². The second-order valence-corrected chi connectivity index (χ2v) is 6.94. The van der Waals surface area contributed by atoms with E-state index in [-0.39, 0.29) is 30.4 Å². The number of carbonyl (C=O) groups excluding carboxylic acids is 1. The number of rotatable bonds is 9. The highest BCUT2D eigenvalue weighted by Crippen LogP contribution is 2.15. The third kappa shape index (κ3) is 5.53. The largest absolute Gasteiger partial charge is 0.384 e. The maximum atomic E-state index is 13.0. The summed E-state index contributed by atoms with van der Waals surface area (Å²) in [5.74, 6) is 0.0420. The number of benzene rings is 1. The highest BCUT2D eigenvalue weighted by Gasteiger charge is 2.15. The van der Waals surface area contributed by atoms with E-state index in [0.29, 0.717) is 29.2 Å². The molecule has 0 atom stereocenters. The molecule has 9 heteroatoms. The van der Waals surface area contributed by atoms with E-state index in [9.17, 15) is 9.59 Å². The summed E-state index contributed by atoms with van der Waals surface area (Å²) in [6.07, 6.45) is 5.58. The third-order valence-corrected chi connectivity index (χ3v) is 4.59. The second-order valence-electron chi connectivity index (χ2n) is 6.94. The average molecular weight is 419 g/mol. The van der Waals surface area contributed by atoms with Crippen LogP contribution in [0.1, 0.15) is 24.5 Å². The first-order valence-electron chi connectivity index (χ1n) is 9.93. The highest BCUT2D eigenvalue weighted by molar-refractivity contribution is 5.94. The number of pyridine rings is 1. The van der Waals surface area contributed by atoms with Crippen LogP contribution < -0.4 is 21.9 Å². The lowest BCUT2D eigenvalue weighted by Gasteiger charge is -2.14. The van der Waals surface area contributed by atoms with Crippen molar-refractivity contribution >= 4 is 17.4 Å². The van der Waals surface area contributed by atoms with Gasteiger partial charge in [-0.15, -0.1) is 0 Å². The van der Waals surface area contributed by atoms with E-state index in [2.05, 4.69) is 20.6 Å². The number of nitrogens with zero attached hydrogens (tertiary/aromatic N) is 3. The summed E-state index contributed by atoms with van der Waals surface area (Å²) in [5.41, 5.74) is 7.61. The summed E-state index contributed by atoms with van der Waals surface area (Å²) < 4.78 is 1.35. The van der Waals surface area contributed by atoms with Crippen molar-refractivity contribution in [3.05, 3.63) is 76.5 Å². The van der Waals surface area contributed by atoms with Crippen LogP contribution in [-0.2, 0) is 17.9 Å². The summed E-state index contributed by atoms with van der Waals surface area (Å²) in [6.45, 7) is 2.74. The summed E-state index contributed by atoms with van der Waals surface area (Å²) in [5, 5.41) is 13.3. The zero-order chi connectivity index (χ0) is 22.2. The Kier molecular flexibility index (Phi) is 7.10. The lowest BCUT2D eigenvalue weighted by Crippen LogP contribution is -2.34. The van der Waals surface area contributed by atoms with Crippen molar-refractivity contribution in [2.75, 3.05) is 11.9 Å². The van der Waals surface area contributed by atoms with Gasteiger partial charge in [-0.05, 0) is 24.1 Å². The van der Waals surface area contributed by atoms with Crippen molar-refractivity contribution in [1.29, 1.82) is 5.41 Å². The zero-order valence-corrected chi connectivity index (χ0v) is 17.3. The number of hydrogen-bond acceptors (Lipinski definition) is 6. The molecular formula is C22H25N7O2. The van der Waals surface area contributed by atoms with E-state index in [0.717, 1.165) is 12.0 Å². The Labute approximate surface area is 179 Å². The van der Waals surface area contributed by atoms with Gasteiger partial charge in [-0.3, -0.25) is 24.5 Å². The molecule has 2 heterocycles. The van der Waals surface area contributed by atoms with Crippen molar-refractivity contribution in [2.24, 2.45) is 5.73 Å². The van der Waals surface area contributed by atoms with Crippen LogP contribution in [0.4, 0.5) is 5.69 Å². The maximum absolute atomic E-state index is 13.0. The molecule has 160 valence electrons. The SMILES string of the molecule is CCCNc1cnc(-c2cccnc2)n(CC(=O)NCc2ccc(C(=N)N)cc2)c1=O. The molecule has 2 aromatic heterocycles. The zero-order valence-electron chi connectivity index (χ0n) is 17.3. The molecule has 31 heavy (non-hydrogen) atoms. The number of anilines is 1. The Bertz CT molecular complexity index is 1110. The van der Waals surface area contributed by atoms with Crippen LogP contribution in [0.15, 0.2) is 59.8 Å². The smallest absolute Gasteiger partial charge is 0.277 e. The van der Waals surface area contributed by atoms with E-state index in [1.165, 1.54) is 10.8 Å². The van der Waals surface area contributed by atoms with E-state index in [4.69, 9.17) is 11.1 Å². The molecule has 5 N–H and O–H groups in total. The first kappa shape index (κ1) is 21.7. The molecule has 0 fully saturated rings. The van der Waals surface area contributed by atoms with Gasteiger partial charge < -0.3 is 16.4 Å². The van der Waals surface area contributed by atoms with Crippen LogP contribution >= 0.6 is 0 Å². The van der Waals surface area contributed by atoms with Gasteiger partial charge in [0.05, 0.1) is 6.20 Å². The number of amides is 1. The number of carbonyl (C=O) groups is 1. The van der Waals surface area contributed by atoms with Crippen LogP contribution in [0.25, 0.3) is 11.4 Å². The minimum atomic E-state index is -0.322. The quantitative estimate of drug-likeness (QED) is 0.308. The monoisotopic (exact) mass is 419 g/mol. The molecule has 1 aromatic carbocycles. The Morgan fingerprint density at radius 1 is 1.19 bits per heavy atom. The van der Waals surface area contributed by atoms with Crippen molar-refractivity contribution in [2.45, 2.75) is 26.4 Å². The molecule has 3 aromatic rings. The van der Waals surface area contributed by atoms with Crippen LogP contribution in [-0.4, -0.2) is 32.8 Å². The van der Waals surface area contributed by atoms with Gasteiger partial charge in [-0.1, -0.05) is 31.2 Å². The molecule has 0 aliphatic rings. The molecule has 0 radical (unpaired) electrons. The van der Waals surface area contributed by atoms with Crippen LogP contribution in [0.3, 0.4) is 0 Å². The van der Waals surface area contributed by atoms with E-state index >= 15 is 0 Å². The van der Waals surface area contributed by atoms with Crippen LogP contribution in [0.5, 0.6) is 0 Å². The fraction of sp³-hybridized carbons (Fsp3) is 0.227. The number of hydrogen-bond donors (Lipinski definition) is 4. The highest BCUT2D eigenvalue weighted by atomic mass is 16.2. The molecule has 0 saturated carbocycles. The number of amidine groups is 1. The van der Waals surface area contributed by atoms with Crippen LogP contribution in [0.2, 0.25) is 0 Å². The van der Waals surface area contributed by atoms with Gasteiger partial charge in [0, 0.05) is 36.6 Å². The van der Waals surface area contributed by atoms with Gasteiger partial charge in [0.2, 0.25) is 5.91 Å². The van der Waals surface area contributed by atoms with Gasteiger partial charge in [-0.25, -0.2) is 4.98 Å². The Hall–Kier alpha value is -4.01. The number of nitrogens with two attached hydrogens (primary N) is 1. The molecule has 0 saturated heterocycles. The molecule has 0 spiro atoms. The molecular weight excluding hydrogens is 394 g/mol. The van der Waals surface area contributed by atoms with Crippen LogP contribution in [0, 0.1) is 5.41 Å². The topological polar surface area (TPSA) is 139 Å². The van der Waals surface area contributed by atoms with Crippen molar-refractivity contribution in [3.63, 3.8) is 0 Å². The minimum Gasteiger partial charge on any atom is -0.384 e. The van der Waals surface area contributed by atoms with Crippen molar-refractivity contribution < 1.29 is 4.79 Å². The van der Waals surface area contributed by atoms with Gasteiger partial charge in [0.25, 0.3) is 5.56 Å². The molecule has 3 rings (SSSR count). The maximum Gasteiger partial charge on any atom is 0.277 e. The summed E-state index contributed by atoms with van der Waals surface area (Å²) in [4.78, 5) is 34.1. The Balaban J connectivity index is 1.80. The molecule has 0 bridgehead atoms. The Morgan fingerprint density at radius 3 is 2.61 bits per heavy atom. The number of nitrogens with one attached hydrogen (secondary N) is 3. The lowest BCUT2D eigenvalue weighted by molar-refractivity contribution is -0.121. The molecule has 0 aliphatic carbocycles. The van der Waals surface area contributed by atoms with Crippen molar-refractivity contribution in [3.8, 4) is 11.4 Å². The number of nitrogen functional groups attached to an aromatic ring is 1.